The summed E-state index contributed by atoms with van der Waals surface area (Å²) in [5, 5.41) is 12.8. The molecule has 0 radical (unpaired) electrons. The molecule has 1 aliphatic heterocycles. The van der Waals surface area contributed by atoms with E-state index >= 15 is 0 Å². The Labute approximate surface area is 398 Å². The summed E-state index contributed by atoms with van der Waals surface area (Å²) < 4.78 is 43.1. The van der Waals surface area contributed by atoms with Crippen molar-refractivity contribution in [3.8, 4) is 28.7 Å². The number of rotatable bonds is 21. The van der Waals surface area contributed by atoms with Crippen LogP contribution >= 0.6 is 8.53 Å². The van der Waals surface area contributed by atoms with Gasteiger partial charge in [-0.1, -0.05) is 109 Å². The maximum atomic E-state index is 13.6. The smallest absolute Gasteiger partial charge is 0.280 e. The predicted molar refractivity (Wildman–Crippen MR) is 264 cm³/mol. The van der Waals surface area contributed by atoms with Crippen molar-refractivity contribution in [3.05, 3.63) is 172 Å². The van der Waals surface area contributed by atoms with Gasteiger partial charge in [0.05, 0.1) is 52.4 Å². The fourth-order valence-electron chi connectivity index (χ4n) is 8.68. The first-order valence-electron chi connectivity index (χ1n) is 22.9. The fourth-order valence-corrected chi connectivity index (χ4v) is 10.4. The predicted octanol–water partition coefficient (Wildman–Crippen LogP) is 10.4. The zero-order chi connectivity index (χ0) is 47.6. The number of hydrogen-bond donors (Lipinski definition) is 2. The number of aromatic amines is 1. The van der Waals surface area contributed by atoms with Crippen LogP contribution in [0.1, 0.15) is 69.0 Å². The number of nitriles is 1. The molecule has 352 valence electrons. The van der Waals surface area contributed by atoms with Crippen LogP contribution in [0.4, 0.5) is 5.95 Å². The van der Waals surface area contributed by atoms with E-state index in [0.29, 0.717) is 36.1 Å². The Balaban J connectivity index is 1.15. The zero-order valence-corrected chi connectivity index (χ0v) is 40.1. The number of methoxy groups -OCH3 is 2. The van der Waals surface area contributed by atoms with Crippen molar-refractivity contribution < 1.29 is 28.0 Å². The fraction of sp³-hybridized carbons (Fsp3) is 0.321. The Morgan fingerprint density at radius 3 is 2.01 bits per heavy atom. The van der Waals surface area contributed by atoms with Gasteiger partial charge in [-0.25, -0.2) is 9.65 Å². The number of H-pyrrole nitrogens is 1. The molecule has 2 aromatic heterocycles. The van der Waals surface area contributed by atoms with E-state index < -0.39 is 32.6 Å². The highest BCUT2D eigenvalue weighted by atomic mass is 31.2. The highest BCUT2D eigenvalue weighted by molar-refractivity contribution is 7.44. The lowest BCUT2D eigenvalue weighted by Gasteiger charge is -2.39. The molecule has 8 rings (SSSR count). The van der Waals surface area contributed by atoms with Crippen molar-refractivity contribution >= 4 is 25.6 Å². The molecule has 7 aromatic rings. The number of aromatic nitrogens is 4. The van der Waals surface area contributed by atoms with Gasteiger partial charge in [-0.15, -0.1) is 0 Å². The van der Waals surface area contributed by atoms with Gasteiger partial charge in [-0.2, -0.15) is 10.2 Å². The van der Waals surface area contributed by atoms with Gasteiger partial charge in [0.2, 0.25) is 5.95 Å². The van der Waals surface area contributed by atoms with E-state index in [0.717, 1.165) is 33.4 Å². The van der Waals surface area contributed by atoms with Gasteiger partial charge < -0.3 is 33.3 Å². The normalized spacial score (nSPS) is 16.6. The molecular weight excluding hydrogens is 878 g/mol. The Morgan fingerprint density at radius 2 is 1.43 bits per heavy atom. The van der Waals surface area contributed by atoms with Crippen LogP contribution in [0, 0.1) is 11.3 Å². The number of imidazole rings is 1. The molecule has 0 saturated carbocycles. The molecule has 2 N–H and O–H groups in total. The second-order valence-electron chi connectivity index (χ2n) is 17.0. The number of anilines is 1. The van der Waals surface area contributed by atoms with E-state index in [-0.39, 0.29) is 42.8 Å². The van der Waals surface area contributed by atoms with Gasteiger partial charge >= 0.3 is 0 Å². The summed E-state index contributed by atoms with van der Waals surface area (Å²) >= 11 is 0. The first-order valence-corrected chi connectivity index (χ1v) is 24.0. The largest absolute Gasteiger partial charge is 0.497 e. The lowest BCUT2D eigenvalue weighted by molar-refractivity contribution is -0.0912. The van der Waals surface area contributed by atoms with Crippen LogP contribution in [0.3, 0.4) is 0 Å². The molecule has 1 unspecified atom stereocenters. The monoisotopic (exact) mass is 935 g/mol. The van der Waals surface area contributed by atoms with Crippen LogP contribution in [0.25, 0.3) is 22.3 Å². The van der Waals surface area contributed by atoms with Crippen molar-refractivity contribution in [1.82, 2.24) is 24.2 Å². The Hall–Kier alpha value is -6.43. The van der Waals surface area contributed by atoms with E-state index in [1.165, 1.54) is 0 Å². The maximum absolute atomic E-state index is 13.6. The Morgan fingerprint density at radius 1 is 0.838 bits per heavy atom. The van der Waals surface area contributed by atoms with Gasteiger partial charge in [0.25, 0.3) is 14.1 Å². The van der Waals surface area contributed by atoms with Crippen molar-refractivity contribution in [3.63, 3.8) is 0 Å². The van der Waals surface area contributed by atoms with Crippen LogP contribution in [0.15, 0.2) is 145 Å². The van der Waals surface area contributed by atoms with Crippen molar-refractivity contribution in [1.29, 1.82) is 5.26 Å². The summed E-state index contributed by atoms with van der Waals surface area (Å²) in [6.07, 6.45) is 0.238. The third kappa shape index (κ3) is 10.6. The highest BCUT2D eigenvalue weighted by Gasteiger charge is 2.45. The summed E-state index contributed by atoms with van der Waals surface area (Å²) in [7, 11) is 1.60. The van der Waals surface area contributed by atoms with Gasteiger partial charge in [0, 0.05) is 25.0 Å². The average molecular weight is 936 g/mol. The molecule has 3 heterocycles. The summed E-state index contributed by atoms with van der Waals surface area (Å²) in [5.74, 6) is 1.72. The van der Waals surface area contributed by atoms with Gasteiger partial charge in [-0.05, 0) is 85.3 Å². The summed E-state index contributed by atoms with van der Waals surface area (Å²) in [6, 6.07) is 46.6. The number of hydrogen-bond acceptors (Lipinski definition) is 12. The second kappa shape index (κ2) is 22.1. The lowest BCUT2D eigenvalue weighted by atomic mass is 9.80. The van der Waals surface area contributed by atoms with Gasteiger partial charge in [0.15, 0.2) is 11.2 Å². The topological polar surface area (TPSA) is 158 Å². The van der Waals surface area contributed by atoms with E-state index in [1.807, 2.05) is 84.9 Å². The van der Waals surface area contributed by atoms with Crippen LogP contribution in [-0.2, 0) is 30.7 Å². The second-order valence-corrected chi connectivity index (χ2v) is 18.4. The van der Waals surface area contributed by atoms with Crippen LogP contribution in [0.2, 0.25) is 0 Å². The molecule has 0 amide bonds. The first kappa shape index (κ1) is 48.0. The zero-order valence-electron chi connectivity index (χ0n) is 39.2. The number of ether oxygens (including phenoxy) is 4. The Bertz CT molecular complexity index is 2750. The maximum Gasteiger partial charge on any atom is 0.280 e. The van der Waals surface area contributed by atoms with Crippen molar-refractivity contribution in [2.45, 2.75) is 83.2 Å². The third-order valence-electron chi connectivity index (χ3n) is 12.0. The Kier molecular flexibility index (Phi) is 15.6. The minimum Gasteiger partial charge on any atom is -0.497 e. The lowest BCUT2D eigenvalue weighted by Crippen LogP contribution is -2.39. The molecule has 0 bridgehead atoms. The van der Waals surface area contributed by atoms with E-state index in [1.54, 1.807) is 25.1 Å². The molecule has 5 aromatic carbocycles. The van der Waals surface area contributed by atoms with Gasteiger partial charge in [0.1, 0.15) is 29.4 Å². The molecule has 0 spiro atoms. The summed E-state index contributed by atoms with van der Waals surface area (Å²) in [5.41, 5.74) is 4.91. The number of nitrogens with one attached hydrogen (secondary N) is 2. The number of nitrogens with zero attached hydrogens (tertiary/aromatic N) is 5. The minimum absolute atomic E-state index is 0.0631. The van der Waals surface area contributed by atoms with Crippen LogP contribution in [-0.4, -0.2) is 75.9 Å². The molecule has 1 fully saturated rings. The minimum atomic E-state index is -1.68. The molecular formula is C53H58N7O7P. The first-order chi connectivity index (χ1) is 33.1. The van der Waals surface area contributed by atoms with Gasteiger partial charge in [-0.3, -0.25) is 14.3 Å². The number of fused-ring (bicyclic) bond motifs is 1. The van der Waals surface area contributed by atoms with E-state index in [2.05, 4.69) is 102 Å². The molecule has 68 heavy (non-hydrogen) atoms. The molecule has 1 aliphatic rings. The summed E-state index contributed by atoms with van der Waals surface area (Å²) in [4.78, 5) is 25.9. The molecule has 0 aliphatic carbocycles. The highest BCUT2D eigenvalue weighted by Crippen LogP contribution is 2.51. The van der Waals surface area contributed by atoms with Crippen LogP contribution < -0.4 is 20.3 Å². The molecule has 15 heteroatoms. The standard InChI is InChI=1S/C53H58N7O7P/c1-36(2)60(37(3)4)68(65-31-13-30-54)67-46-32-48(59-35-56-49-50(59)57-52(58-51(49)61)55-33-38-18-20-40(21-19-38)39-14-9-7-10-15-39)66-47(46)34-64-53(41-16-11-8-12-17-41,42-22-26-44(62-5)27-23-42)43-24-28-45(63-6)29-25-43/h7-12,14-29,35-37,46-48H,13,31-34H2,1-6H3,(H2,55,57,58,61)/t46-,47+,48+,68?/m0/s1. The van der Waals surface area contributed by atoms with Crippen LogP contribution in [0.5, 0.6) is 11.5 Å². The van der Waals surface area contributed by atoms with E-state index in [4.69, 9.17) is 33.0 Å². The SMILES string of the molecule is COc1ccc(C(OC[C@H]2O[C@@H](n3cnc4c(=O)[nH]c(NCc5ccc(-c6ccccc6)cc5)nc43)C[C@@H]2OP(OCCC#N)N(C(C)C)C(C)C)(c2ccccc2)c2ccc(OC)cc2)cc1. The van der Waals surface area contributed by atoms with Crippen molar-refractivity contribution in [2.24, 2.45) is 0 Å². The summed E-state index contributed by atoms with van der Waals surface area (Å²) in [6.45, 7) is 9.10. The average Bonchev–Trinajstić information content (AvgIpc) is 3.98. The quantitative estimate of drug-likeness (QED) is 0.0400. The molecule has 14 nitrogen and oxygen atoms in total. The third-order valence-corrected chi connectivity index (χ3v) is 14.1. The van der Waals surface area contributed by atoms with E-state index in [9.17, 15) is 10.1 Å². The number of benzene rings is 5. The van der Waals surface area contributed by atoms with Crippen molar-refractivity contribution in [2.75, 3.05) is 32.8 Å². The molecule has 1 saturated heterocycles. The molecule has 4 atom stereocenters.